The minimum Gasteiger partial charge on any atom is -0.391 e. The van der Waals surface area contributed by atoms with E-state index < -0.39 is 11.7 Å². The number of piperidine rings is 1. The van der Waals surface area contributed by atoms with Crippen LogP contribution in [0.4, 0.5) is 0 Å². The molecule has 1 saturated carbocycles. The number of aliphatic hydroxyl groups is 2. The molecule has 7 heteroatoms. The largest absolute Gasteiger partial charge is 0.391 e. The van der Waals surface area contributed by atoms with Crippen molar-refractivity contribution >= 4 is 17.5 Å². The summed E-state index contributed by atoms with van der Waals surface area (Å²) in [7, 11) is 1.69. The third-order valence-electron chi connectivity index (χ3n) is 8.02. The van der Waals surface area contributed by atoms with E-state index in [1.165, 1.54) is 0 Å². The number of ether oxygens (including phenoxy) is 1. The molecule has 4 N–H and O–H groups in total. The quantitative estimate of drug-likeness (QED) is 0.432. The van der Waals surface area contributed by atoms with Gasteiger partial charge in [0.15, 0.2) is 0 Å². The number of carbonyl (C=O) groups is 1. The molecule has 0 unspecified atom stereocenters. The van der Waals surface area contributed by atoms with Gasteiger partial charge < -0.3 is 25.6 Å². The second kappa shape index (κ2) is 12.1. The van der Waals surface area contributed by atoms with E-state index in [2.05, 4.69) is 0 Å². The number of aliphatic hydroxyl groups excluding tert-OH is 1. The molecular weight excluding hydrogens is 476 g/mol. The molecule has 1 heterocycles. The van der Waals surface area contributed by atoms with E-state index in [9.17, 15) is 15.0 Å². The average Bonchev–Trinajstić information content (AvgIpc) is 3.24. The van der Waals surface area contributed by atoms with E-state index in [0.717, 1.165) is 42.4 Å². The number of hydrogen-bond acceptors (Lipinski definition) is 5. The van der Waals surface area contributed by atoms with Crippen molar-refractivity contribution in [3.05, 3.63) is 59.1 Å². The lowest BCUT2D eigenvalue weighted by Crippen LogP contribution is -2.49. The van der Waals surface area contributed by atoms with Crippen LogP contribution in [0.2, 0.25) is 5.02 Å². The molecule has 4 rings (SSSR count). The van der Waals surface area contributed by atoms with Crippen molar-refractivity contribution in [3.63, 3.8) is 0 Å². The Morgan fingerprint density at radius 2 is 2.00 bits per heavy atom. The molecule has 1 saturated heterocycles. The summed E-state index contributed by atoms with van der Waals surface area (Å²) >= 11 is 6.32. The van der Waals surface area contributed by atoms with E-state index in [-0.39, 0.29) is 23.8 Å². The van der Waals surface area contributed by atoms with Crippen LogP contribution in [0.25, 0.3) is 11.1 Å². The van der Waals surface area contributed by atoms with Crippen LogP contribution in [0.1, 0.15) is 50.5 Å². The van der Waals surface area contributed by atoms with Gasteiger partial charge in [0.2, 0.25) is 5.91 Å². The number of halogens is 1. The summed E-state index contributed by atoms with van der Waals surface area (Å²) in [4.78, 5) is 15.3. The van der Waals surface area contributed by atoms with E-state index in [0.29, 0.717) is 44.0 Å². The van der Waals surface area contributed by atoms with Gasteiger partial charge in [-0.3, -0.25) is 4.79 Å². The third kappa shape index (κ3) is 5.95. The molecule has 2 fully saturated rings. The van der Waals surface area contributed by atoms with Crippen molar-refractivity contribution in [1.82, 2.24) is 4.90 Å². The van der Waals surface area contributed by atoms with Crippen molar-refractivity contribution in [2.24, 2.45) is 17.6 Å². The third-order valence-corrected chi connectivity index (χ3v) is 8.26. The predicted molar refractivity (Wildman–Crippen MR) is 143 cm³/mol. The lowest BCUT2D eigenvalue weighted by Gasteiger charge is -2.44. The maximum Gasteiger partial charge on any atom is 0.225 e. The van der Waals surface area contributed by atoms with Crippen LogP contribution in [0.3, 0.4) is 0 Å². The summed E-state index contributed by atoms with van der Waals surface area (Å²) in [5.74, 6) is -0.308. The van der Waals surface area contributed by atoms with E-state index >= 15 is 0 Å². The number of methoxy groups -OCH3 is 1. The van der Waals surface area contributed by atoms with Crippen molar-refractivity contribution in [1.29, 1.82) is 0 Å². The molecular formula is C29H39ClN2O4. The van der Waals surface area contributed by atoms with Crippen LogP contribution in [0.5, 0.6) is 0 Å². The van der Waals surface area contributed by atoms with Gasteiger partial charge in [-0.15, -0.1) is 0 Å². The fourth-order valence-electron chi connectivity index (χ4n) is 6.04. The van der Waals surface area contributed by atoms with Gasteiger partial charge in [-0.2, -0.15) is 0 Å². The molecule has 1 aliphatic heterocycles. The Kier molecular flexibility index (Phi) is 9.07. The number of rotatable bonds is 9. The number of hydrogen-bond donors (Lipinski definition) is 3. The van der Waals surface area contributed by atoms with Crippen molar-refractivity contribution in [3.8, 4) is 11.1 Å². The van der Waals surface area contributed by atoms with Gasteiger partial charge in [-0.25, -0.2) is 0 Å². The molecule has 6 nitrogen and oxygen atoms in total. The smallest absolute Gasteiger partial charge is 0.225 e. The molecule has 2 aromatic carbocycles. The fourth-order valence-corrected chi connectivity index (χ4v) is 6.23. The number of nitrogens with zero attached hydrogens (tertiary/aromatic N) is 1. The second-order valence-electron chi connectivity index (χ2n) is 10.5. The molecule has 196 valence electrons. The number of nitrogens with two attached hydrogens (primary N) is 1. The predicted octanol–water partition coefficient (Wildman–Crippen LogP) is 4.35. The van der Waals surface area contributed by atoms with Crippen LogP contribution >= 0.6 is 11.6 Å². The van der Waals surface area contributed by atoms with Crippen LogP contribution in [-0.2, 0) is 15.1 Å². The van der Waals surface area contributed by atoms with Gasteiger partial charge in [0.05, 0.1) is 11.7 Å². The Hall–Kier alpha value is -1.96. The second-order valence-corrected chi connectivity index (χ2v) is 10.9. The summed E-state index contributed by atoms with van der Waals surface area (Å²) in [6.45, 7) is 1.81. The summed E-state index contributed by atoms with van der Waals surface area (Å²) in [5.41, 5.74) is 7.68. The highest BCUT2D eigenvalue weighted by atomic mass is 35.5. The maximum absolute atomic E-state index is 13.4. The van der Waals surface area contributed by atoms with Gasteiger partial charge in [0.1, 0.15) is 0 Å². The highest BCUT2D eigenvalue weighted by molar-refractivity contribution is 6.30. The van der Waals surface area contributed by atoms with Gasteiger partial charge >= 0.3 is 0 Å². The molecule has 5 atom stereocenters. The van der Waals surface area contributed by atoms with Crippen molar-refractivity contribution < 1.29 is 19.7 Å². The Bertz CT molecular complexity index is 1020. The first-order valence-corrected chi connectivity index (χ1v) is 13.5. The zero-order chi connectivity index (χ0) is 25.7. The number of carbonyl (C=O) groups excluding carboxylic acids is 1. The Balaban J connectivity index is 1.64. The summed E-state index contributed by atoms with van der Waals surface area (Å²) in [5, 5.41) is 23.2. The van der Waals surface area contributed by atoms with E-state index in [1.54, 1.807) is 7.11 Å². The minimum absolute atomic E-state index is 0.0524. The first-order valence-electron chi connectivity index (χ1n) is 13.1. The van der Waals surface area contributed by atoms with Crippen LogP contribution in [0, 0.1) is 11.8 Å². The monoisotopic (exact) mass is 514 g/mol. The molecule has 0 spiro atoms. The first-order chi connectivity index (χ1) is 17.3. The van der Waals surface area contributed by atoms with Gasteiger partial charge in [0.25, 0.3) is 0 Å². The summed E-state index contributed by atoms with van der Waals surface area (Å²) < 4.78 is 5.26. The molecule has 1 aliphatic carbocycles. The molecule has 1 amide bonds. The fraction of sp³-hybridized carbons (Fsp3) is 0.552. The normalized spacial score (nSPS) is 26.1. The Morgan fingerprint density at radius 3 is 2.72 bits per heavy atom. The van der Waals surface area contributed by atoms with Gasteiger partial charge in [-0.1, -0.05) is 48.0 Å². The van der Waals surface area contributed by atoms with E-state index in [4.69, 9.17) is 22.1 Å². The zero-order valence-corrected chi connectivity index (χ0v) is 21.9. The lowest BCUT2D eigenvalue weighted by atomic mass is 9.72. The minimum atomic E-state index is -1.11. The van der Waals surface area contributed by atoms with E-state index in [1.807, 2.05) is 53.4 Å². The van der Waals surface area contributed by atoms with Gasteiger partial charge in [-0.05, 0) is 73.8 Å². The van der Waals surface area contributed by atoms with Crippen molar-refractivity contribution in [2.75, 3.05) is 26.8 Å². The van der Waals surface area contributed by atoms with Crippen LogP contribution < -0.4 is 5.73 Å². The maximum atomic E-state index is 13.4. The Labute approximate surface area is 219 Å². The highest BCUT2D eigenvalue weighted by Gasteiger charge is 2.44. The topological polar surface area (TPSA) is 96.0 Å². The molecule has 0 bridgehead atoms. The SMILES string of the molecule is COCCCC[C@@](O)(c1ccccc1-c1cccc(Cl)c1)[C@@H]1CCCN(C(=O)[C@H]2C[C@@H](N)[C@@H](O)C2)C1. The summed E-state index contributed by atoms with van der Waals surface area (Å²) in [6.07, 6.45) is 4.21. The summed E-state index contributed by atoms with van der Waals surface area (Å²) in [6, 6.07) is 15.4. The number of amides is 1. The number of likely N-dealkylation sites (tertiary alicyclic amines) is 1. The number of benzene rings is 2. The molecule has 0 radical (unpaired) electrons. The average molecular weight is 515 g/mol. The molecule has 2 aromatic rings. The molecule has 2 aliphatic rings. The zero-order valence-electron chi connectivity index (χ0n) is 21.1. The Morgan fingerprint density at radius 1 is 1.19 bits per heavy atom. The van der Waals surface area contributed by atoms with Crippen molar-refractivity contribution in [2.45, 2.75) is 62.7 Å². The lowest BCUT2D eigenvalue weighted by molar-refractivity contribution is -0.141. The number of unbranched alkanes of at least 4 members (excludes halogenated alkanes) is 1. The van der Waals surface area contributed by atoms with Crippen LogP contribution in [-0.4, -0.2) is 60.0 Å². The standard InChI is InChI=1S/C29H39ClN2O4/c1-36-15-5-4-13-29(35,25-12-3-2-11-24(25)20-8-6-10-23(30)16-20)22-9-7-14-32(19-22)28(34)21-17-26(31)27(33)18-21/h2-3,6,8,10-12,16,21-22,26-27,33,35H,4-5,7,9,13-15,17-19,31H2,1H3/t21-,22+,26+,27-,29-/m0/s1. The van der Waals surface area contributed by atoms with Gasteiger partial charge in [0, 0.05) is 49.7 Å². The molecule has 36 heavy (non-hydrogen) atoms. The molecule has 0 aromatic heterocycles. The van der Waals surface area contributed by atoms with Crippen LogP contribution in [0.15, 0.2) is 48.5 Å². The highest BCUT2D eigenvalue weighted by Crippen LogP contribution is 2.44. The first kappa shape index (κ1) is 27.1.